The molecule has 112 valence electrons. The number of hydrogen-bond acceptors (Lipinski definition) is 3. The third-order valence-electron chi connectivity index (χ3n) is 4.46. The molecule has 1 aliphatic carbocycles. The summed E-state index contributed by atoms with van der Waals surface area (Å²) in [6, 6.07) is 8.53. The summed E-state index contributed by atoms with van der Waals surface area (Å²) in [4.78, 5) is 14.5. The van der Waals surface area contributed by atoms with E-state index in [0.29, 0.717) is 5.78 Å². The molecule has 0 radical (unpaired) electrons. The average Bonchev–Trinajstić information content (AvgIpc) is 2.53. The van der Waals surface area contributed by atoms with Gasteiger partial charge in [0.15, 0.2) is 5.78 Å². The molecule has 0 bridgehead atoms. The molecule has 3 rings (SSSR count). The summed E-state index contributed by atoms with van der Waals surface area (Å²) in [5.74, 6) is 0.524. The smallest absolute Gasteiger partial charge is 0.161 e. The minimum absolute atomic E-state index is 0.192. The Morgan fingerprint density at radius 3 is 2.62 bits per heavy atom. The fraction of sp³-hybridized carbons (Fsp3) is 0.500. The lowest BCUT2D eigenvalue weighted by atomic mass is 9.84. The minimum Gasteiger partial charge on any atom is -0.378 e. The summed E-state index contributed by atoms with van der Waals surface area (Å²) < 4.78 is 5.38. The normalized spacial score (nSPS) is 25.4. The quantitative estimate of drug-likeness (QED) is 0.781. The van der Waals surface area contributed by atoms with Gasteiger partial charge in [0.25, 0.3) is 0 Å². The molecule has 2 fully saturated rings. The van der Waals surface area contributed by atoms with Gasteiger partial charge in [-0.1, -0.05) is 19.1 Å². The highest BCUT2D eigenvalue weighted by Crippen LogP contribution is 2.27. The Labute approximate surface area is 126 Å². The van der Waals surface area contributed by atoms with Crippen molar-refractivity contribution in [3.63, 3.8) is 0 Å². The van der Waals surface area contributed by atoms with Crippen LogP contribution in [0.5, 0.6) is 0 Å². The van der Waals surface area contributed by atoms with E-state index in [-0.39, 0.29) is 5.92 Å². The molecule has 1 atom stereocenters. The number of Topliss-reactive ketones (excluding diaryl/α,β-unsaturated/α-hetero) is 1. The molecular weight excluding hydrogens is 262 g/mol. The van der Waals surface area contributed by atoms with E-state index in [1.807, 2.05) is 6.92 Å². The van der Waals surface area contributed by atoms with E-state index in [2.05, 4.69) is 35.2 Å². The fourth-order valence-corrected chi connectivity index (χ4v) is 3.12. The molecule has 1 heterocycles. The van der Waals surface area contributed by atoms with Crippen LogP contribution in [-0.4, -0.2) is 32.1 Å². The zero-order valence-corrected chi connectivity index (χ0v) is 12.7. The molecule has 1 aliphatic heterocycles. The number of rotatable bonds is 2. The van der Waals surface area contributed by atoms with Crippen LogP contribution in [0.2, 0.25) is 0 Å². The van der Waals surface area contributed by atoms with Gasteiger partial charge < -0.3 is 9.64 Å². The Bertz CT molecular complexity index is 527. The fourth-order valence-electron chi connectivity index (χ4n) is 3.12. The number of hydrogen-bond donors (Lipinski definition) is 0. The zero-order valence-electron chi connectivity index (χ0n) is 12.7. The van der Waals surface area contributed by atoms with Crippen molar-refractivity contribution in [1.82, 2.24) is 0 Å². The first kappa shape index (κ1) is 14.3. The van der Waals surface area contributed by atoms with Crippen LogP contribution in [0.25, 0.3) is 6.08 Å². The number of ketones is 1. The third-order valence-corrected chi connectivity index (χ3v) is 4.46. The molecule has 0 spiro atoms. The van der Waals surface area contributed by atoms with Crippen molar-refractivity contribution in [1.29, 1.82) is 0 Å². The Kier molecular flexibility index (Phi) is 4.39. The largest absolute Gasteiger partial charge is 0.378 e. The zero-order chi connectivity index (χ0) is 14.7. The molecule has 0 unspecified atom stereocenters. The summed E-state index contributed by atoms with van der Waals surface area (Å²) in [5.41, 5.74) is 3.36. The van der Waals surface area contributed by atoms with E-state index in [0.717, 1.165) is 56.7 Å². The molecule has 2 aliphatic rings. The second-order valence-corrected chi connectivity index (χ2v) is 6.02. The number of nitrogens with zero attached hydrogens (tertiary/aromatic N) is 1. The summed E-state index contributed by atoms with van der Waals surface area (Å²) >= 11 is 0. The number of benzene rings is 1. The summed E-state index contributed by atoms with van der Waals surface area (Å²) in [6.07, 6.45) is 5.16. The van der Waals surface area contributed by atoms with Crippen LogP contribution in [-0.2, 0) is 9.53 Å². The predicted molar refractivity (Wildman–Crippen MR) is 85.5 cm³/mol. The maximum absolute atomic E-state index is 12.2. The first-order valence-corrected chi connectivity index (χ1v) is 7.91. The van der Waals surface area contributed by atoms with Crippen LogP contribution in [0.3, 0.4) is 0 Å². The summed E-state index contributed by atoms with van der Waals surface area (Å²) in [5, 5.41) is 0. The molecule has 0 N–H and O–H groups in total. The topological polar surface area (TPSA) is 29.5 Å². The summed E-state index contributed by atoms with van der Waals surface area (Å²) in [6.45, 7) is 5.56. The Balaban J connectivity index is 1.73. The van der Waals surface area contributed by atoms with Crippen LogP contribution >= 0.6 is 0 Å². The van der Waals surface area contributed by atoms with E-state index in [1.165, 1.54) is 5.69 Å². The Morgan fingerprint density at radius 2 is 1.90 bits per heavy atom. The molecule has 3 nitrogen and oxygen atoms in total. The number of anilines is 1. The standard InChI is InChI=1S/C18H23NO2/c1-14-3-2-4-16(18(14)20)13-15-5-7-17(8-6-15)19-9-11-21-12-10-19/h5-8,13-14H,2-4,9-12H2,1H3/b16-13+/t14-/m0/s1. The second-order valence-electron chi connectivity index (χ2n) is 6.02. The van der Waals surface area contributed by atoms with Crippen molar-refractivity contribution >= 4 is 17.5 Å². The van der Waals surface area contributed by atoms with E-state index in [1.54, 1.807) is 0 Å². The van der Waals surface area contributed by atoms with E-state index >= 15 is 0 Å². The molecule has 0 amide bonds. The van der Waals surface area contributed by atoms with Gasteiger partial charge >= 0.3 is 0 Å². The van der Waals surface area contributed by atoms with E-state index < -0.39 is 0 Å². The molecule has 3 heteroatoms. The first-order valence-electron chi connectivity index (χ1n) is 7.91. The first-order chi connectivity index (χ1) is 10.2. The highest BCUT2D eigenvalue weighted by Gasteiger charge is 2.22. The monoisotopic (exact) mass is 285 g/mol. The van der Waals surface area contributed by atoms with Crippen LogP contribution in [0, 0.1) is 5.92 Å². The van der Waals surface area contributed by atoms with Gasteiger partial charge in [0.2, 0.25) is 0 Å². The number of allylic oxidation sites excluding steroid dienone is 1. The number of ether oxygens (including phenoxy) is 1. The van der Waals surface area contributed by atoms with Gasteiger partial charge in [-0.05, 0) is 48.6 Å². The van der Waals surface area contributed by atoms with Crippen LogP contribution in [0.4, 0.5) is 5.69 Å². The van der Waals surface area contributed by atoms with Gasteiger partial charge in [-0.25, -0.2) is 0 Å². The molecule has 1 aromatic rings. The number of carbonyl (C=O) groups excluding carboxylic acids is 1. The highest BCUT2D eigenvalue weighted by molar-refractivity contribution is 6.01. The van der Waals surface area contributed by atoms with Gasteiger partial charge in [-0.15, -0.1) is 0 Å². The number of carbonyl (C=O) groups is 1. The van der Waals surface area contributed by atoms with Crippen LogP contribution in [0.15, 0.2) is 29.8 Å². The predicted octanol–water partition coefficient (Wildman–Crippen LogP) is 3.30. The van der Waals surface area contributed by atoms with E-state index in [4.69, 9.17) is 4.74 Å². The second kappa shape index (κ2) is 6.44. The number of morpholine rings is 1. The molecule has 1 saturated heterocycles. The average molecular weight is 285 g/mol. The molecule has 0 aromatic heterocycles. The van der Waals surface area contributed by atoms with Crippen molar-refractivity contribution in [3.05, 3.63) is 35.4 Å². The van der Waals surface area contributed by atoms with Gasteiger partial charge in [-0.3, -0.25) is 4.79 Å². The Morgan fingerprint density at radius 1 is 1.19 bits per heavy atom. The Hall–Kier alpha value is -1.61. The lowest BCUT2D eigenvalue weighted by Crippen LogP contribution is -2.36. The maximum atomic E-state index is 12.2. The van der Waals surface area contributed by atoms with E-state index in [9.17, 15) is 4.79 Å². The molecule has 21 heavy (non-hydrogen) atoms. The SMILES string of the molecule is C[C@H]1CCC/C(=C\c2ccc(N3CCOCC3)cc2)C1=O. The van der Waals surface area contributed by atoms with Gasteiger partial charge in [0.1, 0.15) is 0 Å². The third kappa shape index (κ3) is 3.35. The van der Waals surface area contributed by atoms with Crippen molar-refractivity contribution in [2.45, 2.75) is 26.2 Å². The van der Waals surface area contributed by atoms with Crippen molar-refractivity contribution in [3.8, 4) is 0 Å². The molecular formula is C18H23NO2. The van der Waals surface area contributed by atoms with Crippen molar-refractivity contribution < 1.29 is 9.53 Å². The van der Waals surface area contributed by atoms with Crippen molar-refractivity contribution in [2.75, 3.05) is 31.2 Å². The molecule has 1 saturated carbocycles. The van der Waals surface area contributed by atoms with Gasteiger partial charge in [0, 0.05) is 24.7 Å². The van der Waals surface area contributed by atoms with Gasteiger partial charge in [0.05, 0.1) is 13.2 Å². The highest BCUT2D eigenvalue weighted by atomic mass is 16.5. The van der Waals surface area contributed by atoms with Crippen LogP contribution < -0.4 is 4.90 Å². The maximum Gasteiger partial charge on any atom is 0.161 e. The summed E-state index contributed by atoms with van der Waals surface area (Å²) in [7, 11) is 0. The van der Waals surface area contributed by atoms with Crippen molar-refractivity contribution in [2.24, 2.45) is 5.92 Å². The van der Waals surface area contributed by atoms with Gasteiger partial charge in [-0.2, -0.15) is 0 Å². The minimum atomic E-state index is 0.192. The van der Waals surface area contributed by atoms with Crippen LogP contribution in [0.1, 0.15) is 31.7 Å². The lowest BCUT2D eigenvalue weighted by molar-refractivity contribution is -0.119. The molecule has 1 aromatic carbocycles. The lowest BCUT2D eigenvalue weighted by Gasteiger charge is -2.28.